The molecule has 3 rings (SSSR count). The molecule has 1 atom stereocenters. The van der Waals surface area contributed by atoms with Gasteiger partial charge in [0, 0.05) is 23.9 Å². The van der Waals surface area contributed by atoms with Gasteiger partial charge < -0.3 is 29.0 Å². The van der Waals surface area contributed by atoms with Gasteiger partial charge >= 0.3 is 0 Å². The summed E-state index contributed by atoms with van der Waals surface area (Å²) in [6.45, 7) is 5.38. The maximum Gasteiger partial charge on any atom is 0.248 e. The van der Waals surface area contributed by atoms with Crippen LogP contribution in [0.1, 0.15) is 38.7 Å². The van der Waals surface area contributed by atoms with Crippen LogP contribution in [0.2, 0.25) is 0 Å². The van der Waals surface area contributed by atoms with Gasteiger partial charge in [-0.25, -0.2) is 0 Å². The number of carbonyl (C=O) groups is 1. The first-order valence-corrected chi connectivity index (χ1v) is 12.1. The fourth-order valence-electron chi connectivity index (χ4n) is 4.03. The molecular weight excluding hydrogens is 462 g/mol. The van der Waals surface area contributed by atoms with Gasteiger partial charge in [-0.15, -0.1) is 0 Å². The summed E-state index contributed by atoms with van der Waals surface area (Å²) < 4.78 is 27.7. The predicted molar refractivity (Wildman–Crippen MR) is 140 cm³/mol. The van der Waals surface area contributed by atoms with E-state index in [4.69, 9.17) is 23.7 Å². The molecule has 1 N–H and O–H groups in total. The molecule has 0 saturated carbocycles. The molecule has 0 spiro atoms. The van der Waals surface area contributed by atoms with Crippen molar-refractivity contribution in [3.8, 4) is 28.7 Å². The fourth-order valence-corrected chi connectivity index (χ4v) is 4.03. The Kier molecular flexibility index (Phi) is 9.67. The summed E-state index contributed by atoms with van der Waals surface area (Å²) in [6, 6.07) is 8.65. The Morgan fingerprint density at radius 2 is 1.72 bits per heavy atom. The number of ether oxygens (including phenoxy) is 5. The maximum atomic E-state index is 13.3. The molecule has 0 radical (unpaired) electrons. The molecule has 36 heavy (non-hydrogen) atoms. The van der Waals surface area contributed by atoms with Crippen molar-refractivity contribution < 1.29 is 28.5 Å². The van der Waals surface area contributed by atoms with Gasteiger partial charge in [0.1, 0.15) is 6.04 Å². The van der Waals surface area contributed by atoms with Crippen molar-refractivity contribution in [3.05, 3.63) is 35.9 Å². The number of hydrogen-bond donors (Lipinski definition) is 1. The predicted octanol–water partition coefficient (Wildman–Crippen LogP) is 4.58. The van der Waals surface area contributed by atoms with Crippen LogP contribution in [0.25, 0.3) is 0 Å². The molecule has 1 aliphatic heterocycles. The lowest BCUT2D eigenvalue weighted by molar-refractivity contribution is -0.122. The Morgan fingerprint density at radius 1 is 1.00 bits per heavy atom. The third kappa shape index (κ3) is 6.53. The lowest BCUT2D eigenvalue weighted by atomic mass is 10.0. The second-order valence-corrected chi connectivity index (χ2v) is 8.90. The molecule has 1 fully saturated rings. The molecule has 0 aliphatic carbocycles. The first kappa shape index (κ1) is 27.0. The van der Waals surface area contributed by atoms with Crippen molar-refractivity contribution in [1.29, 1.82) is 0 Å². The van der Waals surface area contributed by atoms with Crippen molar-refractivity contribution in [1.82, 2.24) is 5.01 Å². The van der Waals surface area contributed by atoms with Gasteiger partial charge in [0.25, 0.3) is 0 Å². The van der Waals surface area contributed by atoms with E-state index < -0.39 is 6.04 Å². The van der Waals surface area contributed by atoms with Crippen LogP contribution in [0.15, 0.2) is 35.4 Å². The Hall–Kier alpha value is -3.62. The highest BCUT2D eigenvalue weighted by Crippen LogP contribution is 2.39. The molecule has 196 valence electrons. The number of hydrazone groups is 1. The lowest BCUT2D eigenvalue weighted by Gasteiger charge is -2.32. The van der Waals surface area contributed by atoms with Crippen molar-refractivity contribution in [2.45, 2.75) is 39.2 Å². The molecule has 1 heterocycles. The van der Waals surface area contributed by atoms with Crippen LogP contribution >= 0.6 is 0 Å². The monoisotopic (exact) mass is 499 g/mol. The third-order valence-corrected chi connectivity index (χ3v) is 5.86. The highest BCUT2D eigenvalue weighted by Gasteiger charge is 2.28. The van der Waals surface area contributed by atoms with E-state index in [1.807, 2.05) is 17.1 Å². The first-order valence-electron chi connectivity index (χ1n) is 12.1. The number of benzene rings is 2. The number of carbonyl (C=O) groups excluding carboxylic acids is 1. The van der Waals surface area contributed by atoms with E-state index in [2.05, 4.69) is 24.3 Å². The summed E-state index contributed by atoms with van der Waals surface area (Å²) in [5.41, 5.74) is 1.37. The van der Waals surface area contributed by atoms with Crippen LogP contribution in [-0.2, 0) is 4.79 Å². The summed E-state index contributed by atoms with van der Waals surface area (Å²) in [4.78, 5) is 13.3. The van der Waals surface area contributed by atoms with E-state index in [0.717, 1.165) is 18.4 Å². The molecule has 1 amide bonds. The number of nitrogens with one attached hydrogen (secondary N) is 1. The maximum absolute atomic E-state index is 13.3. The van der Waals surface area contributed by atoms with Crippen LogP contribution < -0.4 is 29.0 Å². The molecule has 1 saturated heterocycles. The van der Waals surface area contributed by atoms with Crippen LogP contribution in [0, 0.1) is 5.92 Å². The average Bonchev–Trinajstić information content (AvgIpc) is 2.90. The second-order valence-electron chi connectivity index (χ2n) is 8.90. The highest BCUT2D eigenvalue weighted by atomic mass is 16.5. The number of methoxy groups -OCH3 is 4. The quantitative estimate of drug-likeness (QED) is 0.453. The van der Waals surface area contributed by atoms with Gasteiger partial charge in [0.05, 0.1) is 41.3 Å². The second kappa shape index (κ2) is 12.9. The van der Waals surface area contributed by atoms with Crippen molar-refractivity contribution in [2.24, 2.45) is 11.0 Å². The first-order chi connectivity index (χ1) is 17.4. The summed E-state index contributed by atoms with van der Waals surface area (Å²) in [5.74, 6) is 3.05. The number of amides is 1. The summed E-state index contributed by atoms with van der Waals surface area (Å²) in [5, 5.41) is 9.51. The molecule has 1 unspecified atom stereocenters. The molecule has 0 bridgehead atoms. The standard InChI is InChI=1S/C27H37N3O6/c1-18(2)17-36-24-15-20(11-13-22(24)32-3)29-27(31)21-9-7-8-14-30(21)28-16-19-10-12-23(33-4)26(35-6)25(19)34-5/h10-13,15-16,18,21H,7-9,14,17H2,1-6H3,(H,29,31)/b28-16+. The molecule has 9 nitrogen and oxygen atoms in total. The lowest BCUT2D eigenvalue weighted by Crippen LogP contribution is -2.44. The minimum Gasteiger partial charge on any atom is -0.493 e. The zero-order chi connectivity index (χ0) is 26.1. The molecule has 2 aromatic carbocycles. The normalized spacial score (nSPS) is 15.6. The van der Waals surface area contributed by atoms with Crippen LogP contribution in [0.3, 0.4) is 0 Å². The smallest absolute Gasteiger partial charge is 0.248 e. The summed E-state index contributed by atoms with van der Waals surface area (Å²) >= 11 is 0. The number of rotatable bonds is 11. The van der Waals surface area contributed by atoms with E-state index in [1.54, 1.807) is 52.9 Å². The molecular formula is C27H37N3O6. The van der Waals surface area contributed by atoms with E-state index >= 15 is 0 Å². The van der Waals surface area contributed by atoms with Gasteiger partial charge in [-0.1, -0.05) is 13.8 Å². The zero-order valence-electron chi connectivity index (χ0n) is 22.0. The Labute approximate surface area is 213 Å². The van der Waals surface area contributed by atoms with Gasteiger partial charge in [0.15, 0.2) is 23.0 Å². The highest BCUT2D eigenvalue weighted by molar-refractivity contribution is 5.95. The minimum absolute atomic E-state index is 0.119. The number of anilines is 1. The Bertz CT molecular complexity index is 1060. The summed E-state index contributed by atoms with van der Waals surface area (Å²) in [7, 11) is 6.30. The van der Waals surface area contributed by atoms with E-state index in [9.17, 15) is 4.79 Å². The van der Waals surface area contributed by atoms with Crippen molar-refractivity contribution in [2.75, 3.05) is 46.9 Å². The molecule has 2 aromatic rings. The number of nitrogens with zero attached hydrogens (tertiary/aromatic N) is 2. The molecule has 9 heteroatoms. The number of hydrogen-bond acceptors (Lipinski definition) is 8. The molecule has 0 aromatic heterocycles. The van der Waals surface area contributed by atoms with Gasteiger partial charge in [0.2, 0.25) is 11.7 Å². The number of piperidine rings is 1. The minimum atomic E-state index is -0.400. The Morgan fingerprint density at radius 3 is 2.39 bits per heavy atom. The SMILES string of the molecule is COc1ccc(NC(=O)C2CCCCN2/N=C/c2ccc(OC)c(OC)c2OC)cc1OCC(C)C. The van der Waals surface area contributed by atoms with Gasteiger partial charge in [-0.2, -0.15) is 5.10 Å². The third-order valence-electron chi connectivity index (χ3n) is 5.86. The van der Waals surface area contributed by atoms with Crippen molar-refractivity contribution in [3.63, 3.8) is 0 Å². The zero-order valence-corrected chi connectivity index (χ0v) is 22.0. The molecule has 1 aliphatic rings. The van der Waals surface area contributed by atoms with Crippen LogP contribution in [0.5, 0.6) is 28.7 Å². The largest absolute Gasteiger partial charge is 0.493 e. The average molecular weight is 500 g/mol. The van der Waals surface area contributed by atoms with Gasteiger partial charge in [-0.3, -0.25) is 9.80 Å². The van der Waals surface area contributed by atoms with E-state index in [1.165, 1.54) is 0 Å². The van der Waals surface area contributed by atoms with Crippen LogP contribution in [0.4, 0.5) is 5.69 Å². The van der Waals surface area contributed by atoms with Crippen LogP contribution in [-0.4, -0.2) is 64.8 Å². The topological polar surface area (TPSA) is 90.9 Å². The fraction of sp³-hybridized carbons (Fsp3) is 0.481. The Balaban J connectivity index is 1.78. The van der Waals surface area contributed by atoms with E-state index in [-0.39, 0.29) is 5.91 Å². The van der Waals surface area contributed by atoms with Gasteiger partial charge in [-0.05, 0) is 49.4 Å². The summed E-state index contributed by atoms with van der Waals surface area (Å²) in [6.07, 6.45) is 4.31. The van der Waals surface area contributed by atoms with E-state index in [0.29, 0.717) is 59.9 Å². The van der Waals surface area contributed by atoms with Crippen molar-refractivity contribution >= 4 is 17.8 Å².